The lowest BCUT2D eigenvalue weighted by Crippen LogP contribution is -2.30. The SMILES string of the molecule is OCCCC1CCCN1c1nc2ccc(F)cc2[nH]1. The van der Waals surface area contributed by atoms with E-state index >= 15 is 0 Å². The summed E-state index contributed by atoms with van der Waals surface area (Å²) in [7, 11) is 0. The van der Waals surface area contributed by atoms with E-state index < -0.39 is 0 Å². The van der Waals surface area contributed by atoms with Crippen molar-refractivity contribution >= 4 is 17.0 Å². The van der Waals surface area contributed by atoms with Crippen LogP contribution in [0.1, 0.15) is 25.7 Å². The van der Waals surface area contributed by atoms with Crippen molar-refractivity contribution in [3.05, 3.63) is 24.0 Å². The monoisotopic (exact) mass is 263 g/mol. The Labute approximate surface area is 111 Å². The van der Waals surface area contributed by atoms with Crippen molar-refractivity contribution in [2.45, 2.75) is 31.7 Å². The van der Waals surface area contributed by atoms with Crippen LogP contribution < -0.4 is 4.90 Å². The highest BCUT2D eigenvalue weighted by atomic mass is 19.1. The number of aromatic amines is 1. The number of aliphatic hydroxyl groups excluding tert-OH is 1. The fraction of sp³-hybridized carbons (Fsp3) is 0.500. The van der Waals surface area contributed by atoms with E-state index in [1.807, 2.05) is 0 Å². The van der Waals surface area contributed by atoms with E-state index in [-0.39, 0.29) is 12.4 Å². The molecule has 1 fully saturated rings. The fourth-order valence-corrected chi connectivity index (χ4v) is 2.85. The molecule has 1 saturated heterocycles. The number of hydrogen-bond donors (Lipinski definition) is 2. The lowest BCUT2D eigenvalue weighted by Gasteiger charge is -2.23. The summed E-state index contributed by atoms with van der Waals surface area (Å²) in [6.07, 6.45) is 4.06. The first-order chi connectivity index (χ1) is 9.28. The van der Waals surface area contributed by atoms with Gasteiger partial charge in [-0.05, 0) is 43.9 Å². The second-order valence-electron chi connectivity index (χ2n) is 5.08. The lowest BCUT2D eigenvalue weighted by atomic mass is 10.1. The zero-order valence-electron chi connectivity index (χ0n) is 10.8. The van der Waals surface area contributed by atoms with Crippen LogP contribution in [0.25, 0.3) is 11.0 Å². The summed E-state index contributed by atoms with van der Waals surface area (Å²) in [5, 5.41) is 8.94. The maximum atomic E-state index is 13.2. The summed E-state index contributed by atoms with van der Waals surface area (Å²) in [4.78, 5) is 9.98. The summed E-state index contributed by atoms with van der Waals surface area (Å²) in [6.45, 7) is 1.20. The third-order valence-corrected chi connectivity index (χ3v) is 3.78. The van der Waals surface area contributed by atoms with Crippen LogP contribution in [0.4, 0.5) is 10.3 Å². The first kappa shape index (κ1) is 12.4. The zero-order valence-corrected chi connectivity index (χ0v) is 10.8. The predicted molar refractivity (Wildman–Crippen MR) is 72.7 cm³/mol. The summed E-state index contributed by atoms with van der Waals surface area (Å²) >= 11 is 0. The Hall–Kier alpha value is -1.62. The van der Waals surface area contributed by atoms with Crippen molar-refractivity contribution in [2.24, 2.45) is 0 Å². The Balaban J connectivity index is 1.86. The zero-order chi connectivity index (χ0) is 13.2. The Morgan fingerprint density at radius 1 is 1.47 bits per heavy atom. The highest BCUT2D eigenvalue weighted by molar-refractivity contribution is 5.77. The molecule has 1 aromatic heterocycles. The minimum atomic E-state index is -0.249. The Bertz CT molecular complexity index is 569. The molecule has 0 amide bonds. The number of benzene rings is 1. The third kappa shape index (κ3) is 2.42. The second-order valence-corrected chi connectivity index (χ2v) is 5.08. The van der Waals surface area contributed by atoms with Gasteiger partial charge in [-0.25, -0.2) is 9.37 Å². The quantitative estimate of drug-likeness (QED) is 0.890. The molecule has 5 heteroatoms. The number of rotatable bonds is 4. The van der Waals surface area contributed by atoms with Crippen molar-refractivity contribution in [2.75, 3.05) is 18.1 Å². The van der Waals surface area contributed by atoms with Crippen LogP contribution in [0, 0.1) is 5.82 Å². The van der Waals surface area contributed by atoms with E-state index in [2.05, 4.69) is 14.9 Å². The third-order valence-electron chi connectivity index (χ3n) is 3.78. The Kier molecular flexibility index (Phi) is 3.38. The number of aliphatic hydroxyl groups is 1. The van der Waals surface area contributed by atoms with Crippen molar-refractivity contribution in [1.29, 1.82) is 0 Å². The van der Waals surface area contributed by atoms with E-state index in [1.54, 1.807) is 6.07 Å². The number of fused-ring (bicyclic) bond motifs is 1. The van der Waals surface area contributed by atoms with Crippen LogP contribution in [-0.4, -0.2) is 34.3 Å². The maximum absolute atomic E-state index is 13.2. The molecule has 1 aliphatic rings. The highest BCUT2D eigenvalue weighted by Gasteiger charge is 2.26. The van der Waals surface area contributed by atoms with Gasteiger partial charge in [0.1, 0.15) is 5.82 Å². The van der Waals surface area contributed by atoms with Crippen LogP contribution in [0.2, 0.25) is 0 Å². The maximum Gasteiger partial charge on any atom is 0.204 e. The van der Waals surface area contributed by atoms with Gasteiger partial charge < -0.3 is 15.0 Å². The molecule has 4 nitrogen and oxygen atoms in total. The predicted octanol–water partition coefficient (Wildman–Crippen LogP) is 2.44. The summed E-state index contributed by atoms with van der Waals surface area (Å²) in [5.41, 5.74) is 1.53. The van der Waals surface area contributed by atoms with Crippen molar-refractivity contribution in [3.8, 4) is 0 Å². The number of nitrogens with one attached hydrogen (secondary N) is 1. The summed E-state index contributed by atoms with van der Waals surface area (Å²) in [5.74, 6) is 0.571. The molecule has 0 bridgehead atoms. The molecule has 3 rings (SSSR count). The van der Waals surface area contributed by atoms with E-state index in [9.17, 15) is 4.39 Å². The molecule has 102 valence electrons. The minimum absolute atomic E-state index is 0.232. The lowest BCUT2D eigenvalue weighted by molar-refractivity contribution is 0.279. The number of hydrogen-bond acceptors (Lipinski definition) is 3. The molecule has 1 atom stereocenters. The number of imidazole rings is 1. The molecule has 19 heavy (non-hydrogen) atoms. The van der Waals surface area contributed by atoms with Gasteiger partial charge in [0.15, 0.2) is 0 Å². The van der Waals surface area contributed by atoms with Gasteiger partial charge in [0, 0.05) is 19.2 Å². The van der Waals surface area contributed by atoms with Gasteiger partial charge in [0.2, 0.25) is 5.95 Å². The summed E-state index contributed by atoms with van der Waals surface area (Å²) < 4.78 is 13.2. The van der Waals surface area contributed by atoms with Crippen molar-refractivity contribution in [3.63, 3.8) is 0 Å². The van der Waals surface area contributed by atoms with E-state index in [4.69, 9.17) is 5.11 Å². The fourth-order valence-electron chi connectivity index (χ4n) is 2.85. The molecule has 2 N–H and O–H groups in total. The molecule has 1 unspecified atom stereocenters. The molecular weight excluding hydrogens is 245 g/mol. The molecule has 0 saturated carbocycles. The van der Waals surface area contributed by atoms with Crippen LogP contribution in [0.3, 0.4) is 0 Å². The van der Waals surface area contributed by atoms with Crippen LogP contribution in [-0.2, 0) is 0 Å². The van der Waals surface area contributed by atoms with Crippen molar-refractivity contribution in [1.82, 2.24) is 9.97 Å². The van der Waals surface area contributed by atoms with Gasteiger partial charge in [-0.15, -0.1) is 0 Å². The number of H-pyrrole nitrogens is 1. The topological polar surface area (TPSA) is 52.1 Å². The highest BCUT2D eigenvalue weighted by Crippen LogP contribution is 2.27. The summed E-state index contributed by atoms with van der Waals surface area (Å²) in [6, 6.07) is 5.03. The van der Waals surface area contributed by atoms with Gasteiger partial charge >= 0.3 is 0 Å². The molecule has 2 heterocycles. The standard InChI is InChI=1S/C14H18FN3O/c15-10-5-6-12-13(9-10)17-14(16-12)18-7-1-3-11(18)4-2-8-19/h5-6,9,11,19H,1-4,7-8H2,(H,16,17). The smallest absolute Gasteiger partial charge is 0.204 e. The number of anilines is 1. The van der Waals surface area contributed by atoms with Gasteiger partial charge in [0.05, 0.1) is 11.0 Å². The molecular formula is C14H18FN3O. The van der Waals surface area contributed by atoms with Crippen LogP contribution in [0.15, 0.2) is 18.2 Å². The van der Waals surface area contributed by atoms with Crippen LogP contribution >= 0.6 is 0 Å². The van der Waals surface area contributed by atoms with Gasteiger partial charge in [-0.3, -0.25) is 0 Å². The van der Waals surface area contributed by atoms with Gasteiger partial charge in [-0.1, -0.05) is 0 Å². The normalized spacial score (nSPS) is 19.5. The number of aromatic nitrogens is 2. The first-order valence-electron chi connectivity index (χ1n) is 6.80. The van der Waals surface area contributed by atoms with Crippen LogP contribution in [0.5, 0.6) is 0 Å². The van der Waals surface area contributed by atoms with Crippen molar-refractivity contribution < 1.29 is 9.50 Å². The average molecular weight is 263 g/mol. The second kappa shape index (κ2) is 5.17. The molecule has 0 aliphatic carbocycles. The molecule has 1 aliphatic heterocycles. The van der Waals surface area contributed by atoms with Gasteiger partial charge in [0.25, 0.3) is 0 Å². The van der Waals surface area contributed by atoms with E-state index in [0.717, 1.165) is 49.2 Å². The van der Waals surface area contributed by atoms with E-state index in [1.165, 1.54) is 12.1 Å². The number of halogens is 1. The average Bonchev–Trinajstić information content (AvgIpc) is 3.01. The first-order valence-corrected chi connectivity index (χ1v) is 6.80. The Morgan fingerprint density at radius 3 is 3.21 bits per heavy atom. The van der Waals surface area contributed by atoms with Gasteiger partial charge in [-0.2, -0.15) is 0 Å². The Morgan fingerprint density at radius 2 is 2.37 bits per heavy atom. The molecule has 2 aromatic rings. The van der Waals surface area contributed by atoms with E-state index in [0.29, 0.717) is 6.04 Å². The minimum Gasteiger partial charge on any atom is -0.396 e. The number of nitrogens with zero attached hydrogens (tertiary/aromatic N) is 2. The molecule has 0 spiro atoms. The molecule has 0 radical (unpaired) electrons. The largest absolute Gasteiger partial charge is 0.396 e. The molecule has 1 aromatic carbocycles.